The molecule has 0 aromatic carbocycles. The maximum absolute atomic E-state index is 10.1. The molecule has 2 fully saturated rings. The molecule has 19 heavy (non-hydrogen) atoms. The van der Waals surface area contributed by atoms with Crippen molar-refractivity contribution in [3.8, 4) is 0 Å². The Morgan fingerprint density at radius 1 is 1.26 bits per heavy atom. The molecule has 0 amide bonds. The number of rotatable bonds is 2. The minimum Gasteiger partial charge on any atom is -0.464 e. The van der Waals surface area contributed by atoms with E-state index >= 15 is 0 Å². The van der Waals surface area contributed by atoms with Gasteiger partial charge < -0.3 is 33.6 Å². The fourth-order valence-corrected chi connectivity index (χ4v) is 2.34. The third-order valence-electron chi connectivity index (χ3n) is 3.34. The van der Waals surface area contributed by atoms with Gasteiger partial charge in [0.1, 0.15) is 24.4 Å². The monoisotopic (exact) mass is 272 g/mol. The van der Waals surface area contributed by atoms with E-state index in [9.17, 15) is 10.2 Å². The molecule has 0 saturated carbocycles. The molecule has 1 aromatic heterocycles. The zero-order valence-corrected chi connectivity index (χ0v) is 10.3. The second-order valence-corrected chi connectivity index (χ2v) is 4.54. The maximum atomic E-state index is 10.1. The van der Waals surface area contributed by atoms with Crippen molar-refractivity contribution in [1.82, 2.24) is 0 Å². The van der Waals surface area contributed by atoms with Crippen LogP contribution in [0.5, 0.6) is 0 Å². The molecule has 3 heterocycles. The summed E-state index contributed by atoms with van der Waals surface area (Å²) in [6.07, 6.45) is -3.53. The summed E-state index contributed by atoms with van der Waals surface area (Å²) in [7, 11) is 1.40. The first kappa shape index (κ1) is 13.0. The van der Waals surface area contributed by atoms with Crippen LogP contribution in [0.4, 0.5) is 0 Å². The van der Waals surface area contributed by atoms with Gasteiger partial charge in [0, 0.05) is 7.11 Å². The van der Waals surface area contributed by atoms with Crippen LogP contribution in [0, 0.1) is 0 Å². The summed E-state index contributed by atoms with van der Waals surface area (Å²) in [4.78, 5) is 0. The molecule has 3 rings (SSSR count). The number of ether oxygens (including phenoxy) is 4. The van der Waals surface area contributed by atoms with E-state index in [4.69, 9.17) is 23.4 Å². The van der Waals surface area contributed by atoms with E-state index in [-0.39, 0.29) is 6.61 Å². The highest BCUT2D eigenvalue weighted by molar-refractivity contribution is 5.02. The number of aliphatic hydroxyl groups is 2. The smallest absolute Gasteiger partial charge is 0.217 e. The molecule has 0 unspecified atom stereocenters. The van der Waals surface area contributed by atoms with E-state index in [0.29, 0.717) is 5.76 Å². The lowest BCUT2D eigenvalue weighted by molar-refractivity contribution is -0.360. The first-order chi connectivity index (χ1) is 9.20. The Morgan fingerprint density at radius 2 is 2.11 bits per heavy atom. The normalized spacial score (nSPS) is 42.9. The Hall–Kier alpha value is -0.960. The topological polar surface area (TPSA) is 90.5 Å². The number of furan rings is 1. The third kappa shape index (κ3) is 2.29. The van der Waals surface area contributed by atoms with Gasteiger partial charge in [0.2, 0.25) is 6.29 Å². The van der Waals surface area contributed by atoms with Crippen molar-refractivity contribution in [3.05, 3.63) is 24.2 Å². The Balaban J connectivity index is 1.73. The van der Waals surface area contributed by atoms with E-state index < -0.39 is 37.0 Å². The predicted octanol–water partition coefficient (Wildman–Crippen LogP) is -0.213. The van der Waals surface area contributed by atoms with Crippen molar-refractivity contribution in [2.24, 2.45) is 0 Å². The van der Waals surface area contributed by atoms with E-state index in [0.717, 1.165) is 0 Å². The van der Waals surface area contributed by atoms with Gasteiger partial charge in [-0.2, -0.15) is 0 Å². The standard InChI is InChI=1S/C12H16O7/c1-15-12-9(14)8(13)10-7(18-12)5-17-11(19-10)6-3-2-4-16-6/h2-4,7-14H,5H2,1H3/t7-,8-,9-,10-,11-,12-/m1/s1. The maximum Gasteiger partial charge on any atom is 0.217 e. The van der Waals surface area contributed by atoms with E-state index in [1.165, 1.54) is 13.4 Å². The van der Waals surface area contributed by atoms with Gasteiger partial charge in [-0.3, -0.25) is 0 Å². The number of hydrogen-bond acceptors (Lipinski definition) is 7. The molecule has 0 spiro atoms. The number of aliphatic hydroxyl groups excluding tert-OH is 2. The molecular weight excluding hydrogens is 256 g/mol. The SMILES string of the molecule is CO[C@@H]1O[C@@H]2CO[C@@H](c3ccco3)O[C@H]2[C@H](O)[C@H]1O. The third-order valence-corrected chi connectivity index (χ3v) is 3.34. The van der Waals surface area contributed by atoms with Crippen molar-refractivity contribution in [3.63, 3.8) is 0 Å². The molecule has 7 nitrogen and oxygen atoms in total. The second-order valence-electron chi connectivity index (χ2n) is 4.54. The molecule has 6 atom stereocenters. The number of methoxy groups -OCH3 is 1. The summed E-state index contributed by atoms with van der Waals surface area (Å²) in [6, 6.07) is 3.44. The molecule has 2 aliphatic heterocycles. The van der Waals surface area contributed by atoms with Crippen molar-refractivity contribution >= 4 is 0 Å². The van der Waals surface area contributed by atoms with Gasteiger partial charge >= 0.3 is 0 Å². The molecule has 0 radical (unpaired) electrons. The van der Waals surface area contributed by atoms with Crippen LogP contribution in [0.2, 0.25) is 0 Å². The highest BCUT2D eigenvalue weighted by atomic mass is 16.8. The minimum absolute atomic E-state index is 0.222. The van der Waals surface area contributed by atoms with E-state index in [1.54, 1.807) is 12.1 Å². The molecule has 2 saturated heterocycles. The molecule has 2 N–H and O–H groups in total. The minimum atomic E-state index is -1.17. The van der Waals surface area contributed by atoms with Crippen LogP contribution in [0.1, 0.15) is 12.1 Å². The molecule has 0 aliphatic carbocycles. The summed E-state index contributed by atoms with van der Waals surface area (Å²) in [5, 5.41) is 19.9. The first-order valence-electron chi connectivity index (χ1n) is 6.05. The van der Waals surface area contributed by atoms with Gasteiger partial charge in [0.05, 0.1) is 12.9 Å². The lowest BCUT2D eigenvalue weighted by Crippen LogP contribution is -2.62. The number of fused-ring (bicyclic) bond motifs is 1. The van der Waals surface area contributed by atoms with Crippen molar-refractivity contribution in [1.29, 1.82) is 0 Å². The van der Waals surface area contributed by atoms with Gasteiger partial charge in [0.25, 0.3) is 0 Å². The lowest BCUT2D eigenvalue weighted by Gasteiger charge is -2.45. The zero-order valence-electron chi connectivity index (χ0n) is 10.3. The summed E-state index contributed by atoms with van der Waals surface area (Å²) >= 11 is 0. The second kappa shape index (κ2) is 5.20. The Labute approximate surface area is 109 Å². The van der Waals surface area contributed by atoms with Crippen LogP contribution in [-0.4, -0.2) is 54.6 Å². The van der Waals surface area contributed by atoms with Crippen LogP contribution in [0.15, 0.2) is 22.8 Å². The summed E-state index contributed by atoms with van der Waals surface area (Å²) in [5.74, 6) is 0.508. The quantitative estimate of drug-likeness (QED) is 0.769. The van der Waals surface area contributed by atoms with E-state index in [1.807, 2.05) is 0 Å². The highest BCUT2D eigenvalue weighted by Gasteiger charge is 2.49. The van der Waals surface area contributed by atoms with Crippen molar-refractivity contribution in [2.45, 2.75) is 37.0 Å². The van der Waals surface area contributed by atoms with Crippen molar-refractivity contribution in [2.75, 3.05) is 13.7 Å². The lowest BCUT2D eigenvalue weighted by atomic mass is 9.98. The molecule has 0 bridgehead atoms. The average molecular weight is 272 g/mol. The Morgan fingerprint density at radius 3 is 2.79 bits per heavy atom. The fraction of sp³-hybridized carbons (Fsp3) is 0.667. The fourth-order valence-electron chi connectivity index (χ4n) is 2.34. The van der Waals surface area contributed by atoms with Gasteiger partial charge in [-0.05, 0) is 12.1 Å². The molecule has 2 aliphatic rings. The van der Waals surface area contributed by atoms with Crippen LogP contribution in [0.25, 0.3) is 0 Å². The van der Waals surface area contributed by atoms with Crippen LogP contribution < -0.4 is 0 Å². The Bertz CT molecular complexity index is 404. The predicted molar refractivity (Wildman–Crippen MR) is 60.0 cm³/mol. The molecule has 1 aromatic rings. The van der Waals surface area contributed by atoms with E-state index in [2.05, 4.69) is 0 Å². The summed E-state index contributed by atoms with van der Waals surface area (Å²) < 4.78 is 26.7. The largest absolute Gasteiger partial charge is 0.464 e. The van der Waals surface area contributed by atoms with Crippen LogP contribution in [-0.2, 0) is 18.9 Å². The van der Waals surface area contributed by atoms with Gasteiger partial charge in [-0.1, -0.05) is 0 Å². The van der Waals surface area contributed by atoms with Crippen molar-refractivity contribution < 1.29 is 33.6 Å². The van der Waals surface area contributed by atoms with Gasteiger partial charge in [-0.15, -0.1) is 0 Å². The van der Waals surface area contributed by atoms with Gasteiger partial charge in [0.15, 0.2) is 12.1 Å². The average Bonchev–Trinajstić information content (AvgIpc) is 2.96. The summed E-state index contributed by atoms with van der Waals surface area (Å²) in [5.41, 5.74) is 0. The Kier molecular flexibility index (Phi) is 3.57. The van der Waals surface area contributed by atoms with Crippen LogP contribution in [0.3, 0.4) is 0 Å². The molecule has 7 heteroatoms. The summed E-state index contributed by atoms with van der Waals surface area (Å²) in [6.45, 7) is 0.222. The highest BCUT2D eigenvalue weighted by Crippen LogP contribution is 2.34. The van der Waals surface area contributed by atoms with Crippen LogP contribution >= 0.6 is 0 Å². The zero-order chi connectivity index (χ0) is 13.4. The molecule has 106 valence electrons. The van der Waals surface area contributed by atoms with Gasteiger partial charge in [-0.25, -0.2) is 0 Å². The molecular formula is C12H16O7. The first-order valence-corrected chi connectivity index (χ1v) is 6.05. The number of hydrogen-bond donors (Lipinski definition) is 2.